The van der Waals surface area contributed by atoms with Crippen molar-refractivity contribution in [1.29, 1.82) is 0 Å². The van der Waals surface area contributed by atoms with Gasteiger partial charge in [-0.25, -0.2) is 0 Å². The molecule has 1 aromatic carbocycles. The Morgan fingerprint density at radius 3 is 2.68 bits per heavy atom. The van der Waals surface area contributed by atoms with Gasteiger partial charge in [0.1, 0.15) is 5.75 Å². The quantitative estimate of drug-likeness (QED) is 0.844. The molecule has 5 heteroatoms. The number of amides is 1. The van der Waals surface area contributed by atoms with Gasteiger partial charge in [-0.15, -0.1) is 0 Å². The number of hydrogen-bond donors (Lipinski definition) is 2. The number of aliphatic hydroxyl groups is 1. The molecule has 0 bridgehead atoms. The second-order valence-corrected chi connectivity index (χ2v) is 5.16. The van der Waals surface area contributed by atoms with Crippen LogP contribution < -0.4 is 10.1 Å². The zero-order valence-corrected chi connectivity index (χ0v) is 12.2. The maximum atomic E-state index is 12.0. The van der Waals surface area contributed by atoms with E-state index < -0.39 is 11.6 Å². The Labute approximate surface area is 118 Å². The van der Waals surface area contributed by atoms with E-state index >= 15 is 0 Å². The van der Waals surface area contributed by atoms with Gasteiger partial charge < -0.3 is 15.2 Å². The fourth-order valence-electron chi connectivity index (χ4n) is 1.42. The van der Waals surface area contributed by atoms with Crippen LogP contribution in [0, 0.1) is 0 Å². The molecule has 19 heavy (non-hydrogen) atoms. The summed E-state index contributed by atoms with van der Waals surface area (Å²) in [5.41, 5.74) is -0.630. The Morgan fingerprint density at radius 2 is 2.16 bits per heavy atom. The van der Waals surface area contributed by atoms with Crippen molar-refractivity contribution in [1.82, 2.24) is 5.32 Å². The average Bonchev–Trinajstić information content (AvgIpc) is 2.41. The first-order chi connectivity index (χ1) is 8.91. The smallest absolute Gasteiger partial charge is 0.261 e. The van der Waals surface area contributed by atoms with Crippen LogP contribution in [0.2, 0.25) is 5.02 Å². The average molecular weight is 286 g/mol. The van der Waals surface area contributed by atoms with Gasteiger partial charge in [0.25, 0.3) is 5.91 Å². The summed E-state index contributed by atoms with van der Waals surface area (Å²) in [6.07, 6.45) is -0.0500. The van der Waals surface area contributed by atoms with E-state index in [9.17, 15) is 9.90 Å². The van der Waals surface area contributed by atoms with Crippen molar-refractivity contribution in [2.75, 3.05) is 6.61 Å². The van der Waals surface area contributed by atoms with Crippen LogP contribution in [0.4, 0.5) is 0 Å². The van der Waals surface area contributed by atoms with Gasteiger partial charge in [-0.1, -0.05) is 30.7 Å². The number of benzene rings is 1. The zero-order valence-electron chi connectivity index (χ0n) is 11.4. The van der Waals surface area contributed by atoms with Crippen LogP contribution in [-0.4, -0.2) is 29.3 Å². The summed E-state index contributed by atoms with van der Waals surface area (Å²) in [5, 5.41) is 12.5. The zero-order chi connectivity index (χ0) is 14.5. The van der Waals surface area contributed by atoms with E-state index in [1.54, 1.807) is 38.1 Å². The van der Waals surface area contributed by atoms with E-state index in [1.165, 1.54) is 0 Å². The lowest BCUT2D eigenvalue weighted by Crippen LogP contribution is -2.52. The van der Waals surface area contributed by atoms with E-state index in [4.69, 9.17) is 16.3 Å². The summed E-state index contributed by atoms with van der Waals surface area (Å²) in [5.74, 6) is 0.187. The van der Waals surface area contributed by atoms with E-state index in [1.807, 2.05) is 6.92 Å². The molecule has 0 aromatic heterocycles. The van der Waals surface area contributed by atoms with Crippen LogP contribution >= 0.6 is 11.6 Å². The predicted octanol–water partition coefficient (Wildman–Crippen LogP) is 2.38. The third-order valence-electron chi connectivity index (χ3n) is 3.06. The molecule has 0 aliphatic carbocycles. The minimum absolute atomic E-state index is 0.117. The van der Waals surface area contributed by atoms with Gasteiger partial charge in [0, 0.05) is 0 Å². The first kappa shape index (κ1) is 15.8. The van der Waals surface area contributed by atoms with Crippen molar-refractivity contribution >= 4 is 17.5 Å². The maximum absolute atomic E-state index is 12.0. The SMILES string of the molecule is CCC(C)(CO)NC(=O)C(C)Oc1ccccc1Cl. The molecule has 0 aliphatic heterocycles. The van der Waals surface area contributed by atoms with Gasteiger partial charge in [-0.05, 0) is 32.4 Å². The predicted molar refractivity (Wildman–Crippen MR) is 75.5 cm³/mol. The second kappa shape index (κ2) is 6.78. The van der Waals surface area contributed by atoms with Crippen molar-refractivity contribution in [3.8, 4) is 5.75 Å². The number of nitrogens with one attached hydrogen (secondary N) is 1. The first-order valence-corrected chi connectivity index (χ1v) is 6.63. The molecular weight excluding hydrogens is 266 g/mol. The molecule has 2 N–H and O–H groups in total. The van der Waals surface area contributed by atoms with E-state index in [0.717, 1.165) is 0 Å². The Kier molecular flexibility index (Phi) is 5.63. The van der Waals surface area contributed by atoms with Crippen LogP contribution in [0.15, 0.2) is 24.3 Å². The highest BCUT2D eigenvalue weighted by Crippen LogP contribution is 2.24. The number of ether oxygens (including phenoxy) is 1. The molecule has 1 rings (SSSR count). The summed E-state index contributed by atoms with van der Waals surface area (Å²) in [6.45, 7) is 5.21. The van der Waals surface area contributed by atoms with Crippen LogP contribution in [0.25, 0.3) is 0 Å². The van der Waals surface area contributed by atoms with Crippen molar-refractivity contribution in [2.24, 2.45) is 0 Å². The minimum Gasteiger partial charge on any atom is -0.479 e. The second-order valence-electron chi connectivity index (χ2n) is 4.75. The molecular formula is C14H20ClNO3. The number of carbonyl (C=O) groups is 1. The summed E-state index contributed by atoms with van der Waals surface area (Å²) < 4.78 is 5.52. The van der Waals surface area contributed by atoms with Crippen molar-refractivity contribution in [3.63, 3.8) is 0 Å². The van der Waals surface area contributed by atoms with Crippen LogP contribution in [0.3, 0.4) is 0 Å². The summed E-state index contributed by atoms with van der Waals surface area (Å²) in [6, 6.07) is 6.98. The number of aliphatic hydroxyl groups excluding tert-OH is 1. The molecule has 0 spiro atoms. The monoisotopic (exact) mass is 285 g/mol. The maximum Gasteiger partial charge on any atom is 0.261 e. The molecule has 0 fully saturated rings. The number of para-hydroxylation sites is 1. The summed E-state index contributed by atoms with van der Waals surface area (Å²) >= 11 is 5.96. The normalized spacial score (nSPS) is 15.4. The number of carbonyl (C=O) groups excluding carboxylic acids is 1. The van der Waals surface area contributed by atoms with Gasteiger partial charge in [0.15, 0.2) is 6.10 Å². The number of rotatable bonds is 6. The molecule has 0 radical (unpaired) electrons. The highest BCUT2D eigenvalue weighted by Gasteiger charge is 2.26. The Morgan fingerprint density at radius 1 is 1.53 bits per heavy atom. The lowest BCUT2D eigenvalue weighted by atomic mass is 10.00. The molecule has 0 saturated carbocycles. The van der Waals surface area contributed by atoms with Crippen molar-refractivity contribution in [2.45, 2.75) is 38.8 Å². The summed E-state index contributed by atoms with van der Waals surface area (Å²) in [7, 11) is 0. The van der Waals surface area contributed by atoms with Crippen LogP contribution in [0.5, 0.6) is 5.75 Å². The minimum atomic E-state index is -0.683. The lowest BCUT2D eigenvalue weighted by Gasteiger charge is -2.28. The third kappa shape index (κ3) is 4.40. The van der Waals surface area contributed by atoms with E-state index in [0.29, 0.717) is 17.2 Å². The van der Waals surface area contributed by atoms with Crippen molar-refractivity contribution in [3.05, 3.63) is 29.3 Å². The molecule has 2 atom stereocenters. The fraction of sp³-hybridized carbons (Fsp3) is 0.500. The van der Waals surface area contributed by atoms with Gasteiger partial charge in [0.2, 0.25) is 0 Å². The van der Waals surface area contributed by atoms with E-state index in [-0.39, 0.29) is 12.5 Å². The molecule has 0 aliphatic rings. The molecule has 1 amide bonds. The van der Waals surface area contributed by atoms with Crippen LogP contribution in [-0.2, 0) is 4.79 Å². The standard InChI is InChI=1S/C14H20ClNO3/c1-4-14(3,9-17)16-13(18)10(2)19-12-8-6-5-7-11(12)15/h5-8,10,17H,4,9H2,1-3H3,(H,16,18). The van der Waals surface area contributed by atoms with Gasteiger partial charge in [-0.3, -0.25) is 4.79 Å². The molecule has 2 unspecified atom stereocenters. The third-order valence-corrected chi connectivity index (χ3v) is 3.38. The highest BCUT2D eigenvalue weighted by atomic mass is 35.5. The topological polar surface area (TPSA) is 58.6 Å². The van der Waals surface area contributed by atoms with Gasteiger partial charge in [0.05, 0.1) is 17.2 Å². The molecule has 0 heterocycles. The number of halogens is 1. The Hall–Kier alpha value is -1.26. The molecule has 106 valence electrons. The van der Waals surface area contributed by atoms with Gasteiger partial charge in [-0.2, -0.15) is 0 Å². The lowest BCUT2D eigenvalue weighted by molar-refractivity contribution is -0.129. The largest absolute Gasteiger partial charge is 0.479 e. The van der Waals surface area contributed by atoms with Gasteiger partial charge >= 0.3 is 0 Å². The van der Waals surface area contributed by atoms with Crippen molar-refractivity contribution < 1.29 is 14.6 Å². The first-order valence-electron chi connectivity index (χ1n) is 6.26. The Bertz CT molecular complexity index is 432. The molecule has 0 saturated heterocycles. The number of hydrogen-bond acceptors (Lipinski definition) is 3. The van der Waals surface area contributed by atoms with Crippen LogP contribution in [0.1, 0.15) is 27.2 Å². The molecule has 4 nitrogen and oxygen atoms in total. The summed E-state index contributed by atoms with van der Waals surface area (Å²) in [4.78, 5) is 12.0. The molecule has 1 aromatic rings. The van der Waals surface area contributed by atoms with E-state index in [2.05, 4.69) is 5.32 Å². The highest BCUT2D eigenvalue weighted by molar-refractivity contribution is 6.32. The Balaban J connectivity index is 2.66. The fourth-order valence-corrected chi connectivity index (χ4v) is 1.60.